The molecule has 0 radical (unpaired) electrons. The molecule has 0 aliphatic heterocycles. The fraction of sp³-hybridized carbons (Fsp3) is 0.394. The number of hydrogen-bond acceptors (Lipinski definition) is 6. The van der Waals surface area contributed by atoms with E-state index in [9.17, 15) is 9.59 Å². The lowest BCUT2D eigenvalue weighted by molar-refractivity contribution is 0.102. The summed E-state index contributed by atoms with van der Waals surface area (Å²) in [5.74, 6) is 1.41. The van der Waals surface area contributed by atoms with Crippen molar-refractivity contribution in [1.29, 1.82) is 0 Å². The van der Waals surface area contributed by atoms with Crippen molar-refractivity contribution in [3.05, 3.63) is 102 Å². The van der Waals surface area contributed by atoms with Crippen molar-refractivity contribution < 1.29 is 9.59 Å². The molecule has 0 atom stereocenters. The summed E-state index contributed by atoms with van der Waals surface area (Å²) >= 11 is 0. The minimum Gasteiger partial charge on any atom is -0.337 e. The van der Waals surface area contributed by atoms with Gasteiger partial charge in [-0.2, -0.15) is 0 Å². The molecule has 228 valence electrons. The van der Waals surface area contributed by atoms with Gasteiger partial charge in [0.15, 0.2) is 0 Å². The van der Waals surface area contributed by atoms with Crippen LogP contribution in [0.4, 0.5) is 10.5 Å². The quantitative estimate of drug-likeness (QED) is 0.219. The number of hydrogen-bond donors (Lipinski definition) is 1. The Bertz CT molecular complexity index is 1450. The molecule has 10 nitrogen and oxygen atoms in total. The van der Waals surface area contributed by atoms with Crippen LogP contribution < -0.4 is 5.32 Å². The number of aryl methyl sites for hydroxylation is 1. The van der Waals surface area contributed by atoms with E-state index >= 15 is 0 Å². The lowest BCUT2D eigenvalue weighted by atomic mass is 10.1. The van der Waals surface area contributed by atoms with Gasteiger partial charge >= 0.3 is 6.03 Å². The lowest BCUT2D eigenvalue weighted by Crippen LogP contribution is -2.31. The first-order valence-corrected chi connectivity index (χ1v) is 14.9. The molecule has 4 rings (SSSR count). The van der Waals surface area contributed by atoms with Crippen molar-refractivity contribution in [2.75, 3.05) is 32.5 Å². The van der Waals surface area contributed by atoms with E-state index in [1.165, 1.54) is 10.5 Å². The standard InChI is InChI=1S/C33H44N8O2/c1-6-18-39(19-7-2)22-27-10-14-29(15-11-27)36-32(42)28-12-8-26(9-13-28)23-40(24-30-34-16-20-38(30)5)25-31-35-17-21-41(31)33(43)37(3)4/h8-17,20-21H,6-7,18-19,22-25H2,1-5H3,(H,36,42). The predicted molar refractivity (Wildman–Crippen MR) is 170 cm³/mol. The molecular weight excluding hydrogens is 540 g/mol. The van der Waals surface area contributed by atoms with Crippen LogP contribution in [0.3, 0.4) is 0 Å². The van der Waals surface area contributed by atoms with Crippen LogP contribution >= 0.6 is 0 Å². The maximum absolute atomic E-state index is 13.0. The molecule has 0 unspecified atom stereocenters. The zero-order valence-electron chi connectivity index (χ0n) is 26.0. The molecule has 0 aliphatic carbocycles. The summed E-state index contributed by atoms with van der Waals surface area (Å²) in [6.45, 7) is 9.12. The van der Waals surface area contributed by atoms with E-state index in [-0.39, 0.29) is 11.9 Å². The van der Waals surface area contributed by atoms with Gasteiger partial charge in [-0.25, -0.2) is 14.8 Å². The van der Waals surface area contributed by atoms with Crippen molar-refractivity contribution >= 4 is 17.6 Å². The van der Waals surface area contributed by atoms with Gasteiger partial charge < -0.3 is 14.8 Å². The molecule has 0 aliphatic rings. The Morgan fingerprint density at radius 1 is 0.744 bits per heavy atom. The first kappa shape index (κ1) is 31.7. The Hall–Kier alpha value is -4.28. The molecule has 0 fully saturated rings. The number of benzene rings is 2. The van der Waals surface area contributed by atoms with Gasteiger partial charge in [0.1, 0.15) is 11.6 Å². The van der Waals surface area contributed by atoms with E-state index in [0.29, 0.717) is 31.0 Å². The molecule has 4 aromatic rings. The van der Waals surface area contributed by atoms with Crippen molar-refractivity contribution in [2.45, 2.75) is 52.9 Å². The summed E-state index contributed by atoms with van der Waals surface area (Å²) in [5, 5.41) is 3.02. The molecule has 0 saturated heterocycles. The van der Waals surface area contributed by atoms with Gasteiger partial charge in [-0.05, 0) is 61.3 Å². The lowest BCUT2D eigenvalue weighted by Gasteiger charge is -2.23. The average molecular weight is 585 g/mol. The van der Waals surface area contributed by atoms with Crippen LogP contribution in [-0.2, 0) is 33.2 Å². The highest BCUT2D eigenvalue weighted by atomic mass is 16.2. The summed E-state index contributed by atoms with van der Waals surface area (Å²) in [7, 11) is 5.41. The fourth-order valence-electron chi connectivity index (χ4n) is 5.03. The average Bonchev–Trinajstić information content (AvgIpc) is 3.62. The largest absolute Gasteiger partial charge is 0.337 e. The van der Waals surface area contributed by atoms with Crippen LogP contribution in [0.1, 0.15) is 59.8 Å². The molecule has 10 heteroatoms. The monoisotopic (exact) mass is 584 g/mol. The number of rotatable bonds is 14. The Kier molecular flexibility index (Phi) is 11.2. The highest BCUT2D eigenvalue weighted by Gasteiger charge is 2.18. The van der Waals surface area contributed by atoms with Gasteiger partial charge in [0.05, 0.1) is 13.1 Å². The molecule has 1 N–H and O–H groups in total. The summed E-state index contributed by atoms with van der Waals surface area (Å²) < 4.78 is 3.55. The van der Waals surface area contributed by atoms with E-state index in [1.807, 2.05) is 54.2 Å². The molecule has 0 saturated carbocycles. The number of nitrogens with one attached hydrogen (secondary N) is 1. The zero-order valence-corrected chi connectivity index (χ0v) is 26.0. The summed E-state index contributed by atoms with van der Waals surface area (Å²) in [4.78, 5) is 40.8. The normalized spacial score (nSPS) is 11.3. The van der Waals surface area contributed by atoms with Crippen molar-refractivity contribution in [2.24, 2.45) is 7.05 Å². The van der Waals surface area contributed by atoms with Crippen LogP contribution in [0.15, 0.2) is 73.3 Å². The van der Waals surface area contributed by atoms with Crippen molar-refractivity contribution in [3.63, 3.8) is 0 Å². The predicted octanol–water partition coefficient (Wildman–Crippen LogP) is 5.22. The highest BCUT2D eigenvalue weighted by Crippen LogP contribution is 2.17. The summed E-state index contributed by atoms with van der Waals surface area (Å²) in [6, 6.07) is 15.6. The number of nitrogens with zero attached hydrogens (tertiary/aromatic N) is 7. The number of imidazole rings is 2. The minimum absolute atomic E-state index is 0.146. The van der Waals surface area contributed by atoms with Crippen molar-refractivity contribution in [3.8, 4) is 0 Å². The van der Waals surface area contributed by atoms with Gasteiger partial charge in [0, 0.05) is 70.3 Å². The number of carbonyl (C=O) groups is 2. The Labute approximate surface area is 255 Å². The molecule has 2 amide bonds. The SMILES string of the molecule is CCCN(CCC)Cc1ccc(NC(=O)c2ccc(CN(Cc3nccn3C)Cc3nccn3C(=O)N(C)C)cc2)cc1. The second kappa shape index (κ2) is 15.3. The van der Waals surface area contributed by atoms with E-state index in [2.05, 4.69) is 51.1 Å². The topological polar surface area (TPSA) is 91.5 Å². The van der Waals surface area contributed by atoms with Gasteiger partial charge in [-0.15, -0.1) is 0 Å². The van der Waals surface area contributed by atoms with Gasteiger partial charge in [-0.3, -0.25) is 19.2 Å². The molecule has 2 heterocycles. The Balaban J connectivity index is 1.41. The molecule has 43 heavy (non-hydrogen) atoms. The summed E-state index contributed by atoms with van der Waals surface area (Å²) in [5.41, 5.74) is 3.65. The number of anilines is 1. The van der Waals surface area contributed by atoms with Gasteiger partial charge in [0.2, 0.25) is 0 Å². The smallest absolute Gasteiger partial charge is 0.329 e. The zero-order chi connectivity index (χ0) is 30.8. The maximum Gasteiger partial charge on any atom is 0.329 e. The molecule has 0 spiro atoms. The third-order valence-corrected chi connectivity index (χ3v) is 7.28. The molecule has 0 bridgehead atoms. The highest BCUT2D eigenvalue weighted by molar-refractivity contribution is 6.04. The second-order valence-electron chi connectivity index (χ2n) is 11.1. The minimum atomic E-state index is -0.149. The van der Waals surface area contributed by atoms with E-state index in [1.54, 1.807) is 37.3 Å². The molecular formula is C33H44N8O2. The van der Waals surface area contributed by atoms with Crippen LogP contribution in [-0.4, -0.2) is 72.9 Å². The van der Waals surface area contributed by atoms with Gasteiger partial charge in [-0.1, -0.05) is 38.1 Å². The van der Waals surface area contributed by atoms with Crippen LogP contribution in [0.2, 0.25) is 0 Å². The fourth-order valence-corrected chi connectivity index (χ4v) is 5.03. The number of amides is 2. The van der Waals surface area contributed by atoms with E-state index < -0.39 is 0 Å². The number of aromatic nitrogens is 4. The van der Waals surface area contributed by atoms with Crippen LogP contribution in [0.5, 0.6) is 0 Å². The Morgan fingerprint density at radius 3 is 1.88 bits per heavy atom. The maximum atomic E-state index is 13.0. The van der Waals surface area contributed by atoms with E-state index in [4.69, 9.17) is 0 Å². The van der Waals surface area contributed by atoms with Crippen molar-refractivity contribution in [1.82, 2.24) is 33.8 Å². The third kappa shape index (κ3) is 8.86. The third-order valence-electron chi connectivity index (χ3n) is 7.28. The van der Waals surface area contributed by atoms with Crippen LogP contribution in [0, 0.1) is 0 Å². The van der Waals surface area contributed by atoms with E-state index in [0.717, 1.165) is 49.6 Å². The molecule has 2 aromatic carbocycles. The van der Waals surface area contributed by atoms with Gasteiger partial charge in [0.25, 0.3) is 5.91 Å². The Morgan fingerprint density at radius 2 is 1.30 bits per heavy atom. The number of carbonyl (C=O) groups excluding carboxylic acids is 2. The second-order valence-corrected chi connectivity index (χ2v) is 11.1. The summed E-state index contributed by atoms with van der Waals surface area (Å²) in [6.07, 6.45) is 9.29. The van der Waals surface area contributed by atoms with Crippen LogP contribution in [0.25, 0.3) is 0 Å². The first-order chi connectivity index (χ1) is 20.8. The molecule has 2 aromatic heterocycles. The first-order valence-electron chi connectivity index (χ1n) is 14.9.